The van der Waals surface area contributed by atoms with Crippen molar-refractivity contribution in [2.45, 2.75) is 12.8 Å². The van der Waals surface area contributed by atoms with Gasteiger partial charge in [-0.2, -0.15) is 5.26 Å². The highest BCUT2D eigenvalue weighted by Crippen LogP contribution is 2.45. The first-order chi connectivity index (χ1) is 25.9. The van der Waals surface area contributed by atoms with Crippen molar-refractivity contribution in [3.8, 4) is 62.7 Å². The van der Waals surface area contributed by atoms with Crippen molar-refractivity contribution in [3.63, 3.8) is 0 Å². The molecule has 0 spiro atoms. The Morgan fingerprint density at radius 2 is 0.944 bits per heavy atom. The molecule has 256 valence electrons. The van der Waals surface area contributed by atoms with Crippen LogP contribution in [0.5, 0.6) is 0 Å². The third-order valence-corrected chi connectivity index (χ3v) is 9.41. The standard InChI is InChI=1S/C40H10F8N6/c1-52-24(13-50)28-21-8-15-4-6-17(26-34(43)32(41)23(12-49)33(42)35(26)44)10-19(15)29(21)31(25(14-51)53-2)30-20-11-18(7-5-16(20)9-22(28)30)27-36(45)38(47)40(54-3)39(48)37(27)46/h4-7,10-11H,8-9H2/b28-24-,31-25-. The van der Waals surface area contributed by atoms with E-state index in [1.807, 2.05) is 6.07 Å². The van der Waals surface area contributed by atoms with E-state index < -0.39 is 91.4 Å². The summed E-state index contributed by atoms with van der Waals surface area (Å²) in [4.78, 5) is 9.27. The first-order valence-electron chi connectivity index (χ1n) is 15.2. The van der Waals surface area contributed by atoms with Crippen LogP contribution in [0.3, 0.4) is 0 Å². The average Bonchev–Trinajstić information content (AvgIpc) is 3.74. The minimum absolute atomic E-state index is 0.0223. The van der Waals surface area contributed by atoms with Gasteiger partial charge in [0, 0.05) is 5.22 Å². The molecular weight excluding hydrogens is 716 g/mol. The summed E-state index contributed by atoms with van der Waals surface area (Å²) >= 11 is 0. The Bertz CT molecular complexity index is 2800. The van der Waals surface area contributed by atoms with Gasteiger partial charge in [-0.1, -0.05) is 24.3 Å². The lowest BCUT2D eigenvalue weighted by Gasteiger charge is -2.15. The van der Waals surface area contributed by atoms with Crippen molar-refractivity contribution >= 4 is 17.1 Å². The Labute approximate surface area is 298 Å². The van der Waals surface area contributed by atoms with Crippen LogP contribution in [0, 0.1) is 100 Å². The van der Waals surface area contributed by atoms with Gasteiger partial charge in [0.1, 0.15) is 11.6 Å². The van der Waals surface area contributed by atoms with Gasteiger partial charge >= 0.3 is 0 Å². The van der Waals surface area contributed by atoms with Crippen LogP contribution in [0.15, 0.2) is 36.4 Å². The molecule has 0 heterocycles. The van der Waals surface area contributed by atoms with Crippen LogP contribution in [0.1, 0.15) is 27.8 Å². The number of hydrogen-bond donors (Lipinski definition) is 0. The van der Waals surface area contributed by atoms with Crippen molar-refractivity contribution in [1.82, 2.24) is 0 Å². The number of fused-ring (bicyclic) bond motifs is 6. The van der Waals surface area contributed by atoms with Crippen LogP contribution in [-0.4, -0.2) is 0 Å². The van der Waals surface area contributed by atoms with Gasteiger partial charge in [0.2, 0.25) is 0 Å². The van der Waals surface area contributed by atoms with Crippen LogP contribution in [0.2, 0.25) is 0 Å². The summed E-state index contributed by atoms with van der Waals surface area (Å²) in [6.07, 6.45) is -0.132. The Balaban J connectivity index is 1.63. The molecule has 2 aliphatic rings. The summed E-state index contributed by atoms with van der Waals surface area (Å²) in [6.45, 7) is 22.6. The SMILES string of the molecule is [C-]#[N+]/C(C#N)=c1/c2c(/c(=C(\C#N)[N+]#[C-])c3c1Cc1ccc(-c4c(F)c(F)c([N+]#[C-])c(F)c4F)cc1-3)-c1cc(-c3c(F)c(F)c(C#N)c(F)c3F)ccc1C2. The van der Waals surface area contributed by atoms with E-state index in [1.165, 1.54) is 12.1 Å². The summed E-state index contributed by atoms with van der Waals surface area (Å²) < 4.78 is 120. The molecule has 0 saturated carbocycles. The van der Waals surface area contributed by atoms with E-state index in [4.69, 9.17) is 25.0 Å². The second-order valence-electron chi connectivity index (χ2n) is 11.9. The molecule has 2 aliphatic carbocycles. The lowest BCUT2D eigenvalue weighted by Crippen LogP contribution is -2.25. The van der Waals surface area contributed by atoms with Gasteiger partial charge in [-0.25, -0.2) is 60.2 Å². The molecule has 5 aromatic carbocycles. The molecule has 0 amide bonds. The summed E-state index contributed by atoms with van der Waals surface area (Å²) in [5.41, 5.74) is -5.77. The van der Waals surface area contributed by atoms with E-state index in [0.29, 0.717) is 11.1 Å². The number of rotatable bonds is 2. The van der Waals surface area contributed by atoms with Gasteiger partial charge in [-0.3, -0.25) is 0 Å². The second kappa shape index (κ2) is 12.5. The summed E-state index contributed by atoms with van der Waals surface area (Å²) in [6, 6.07) is 11.9. The topological polar surface area (TPSA) is 84.4 Å². The zero-order valence-electron chi connectivity index (χ0n) is 26.6. The molecule has 0 fully saturated rings. The largest absolute Gasteiger partial charge is 0.270 e. The molecule has 0 unspecified atom stereocenters. The van der Waals surface area contributed by atoms with Crippen molar-refractivity contribution in [2.75, 3.05) is 0 Å². The first kappa shape index (κ1) is 34.7. The van der Waals surface area contributed by atoms with Gasteiger partial charge in [0.25, 0.3) is 17.1 Å². The summed E-state index contributed by atoms with van der Waals surface area (Å²) in [7, 11) is 0. The molecule has 0 N–H and O–H groups in total. The highest BCUT2D eigenvalue weighted by molar-refractivity contribution is 5.95. The van der Waals surface area contributed by atoms with Crippen LogP contribution in [0.25, 0.3) is 70.4 Å². The normalized spacial score (nSPS) is 12.8. The number of hydrogen-bond acceptors (Lipinski definition) is 3. The number of halogens is 8. The molecule has 5 aromatic rings. The predicted molar refractivity (Wildman–Crippen MR) is 175 cm³/mol. The van der Waals surface area contributed by atoms with Gasteiger partial charge in [-0.15, -0.1) is 0 Å². The van der Waals surface area contributed by atoms with Crippen LogP contribution in [0.4, 0.5) is 40.8 Å². The van der Waals surface area contributed by atoms with E-state index in [0.717, 1.165) is 30.3 Å². The van der Waals surface area contributed by atoms with E-state index in [9.17, 15) is 28.1 Å². The first-order valence-corrected chi connectivity index (χ1v) is 15.2. The fourth-order valence-electron chi connectivity index (χ4n) is 7.18. The molecule has 7 rings (SSSR count). The molecule has 0 saturated heterocycles. The average molecular weight is 727 g/mol. The van der Waals surface area contributed by atoms with Crippen LogP contribution >= 0.6 is 0 Å². The second-order valence-corrected chi connectivity index (χ2v) is 11.9. The summed E-state index contributed by atoms with van der Waals surface area (Å²) in [5.74, 6) is -15.3. The maximum Gasteiger partial charge on any atom is 0.270 e. The molecule has 0 aromatic heterocycles. The Kier molecular flexibility index (Phi) is 8.00. The molecule has 14 heteroatoms. The predicted octanol–water partition coefficient (Wildman–Crippen LogP) is 8.80. The van der Waals surface area contributed by atoms with Crippen molar-refractivity contribution in [1.29, 1.82) is 15.8 Å². The van der Waals surface area contributed by atoms with Gasteiger partial charge in [0.05, 0.1) is 43.0 Å². The highest BCUT2D eigenvalue weighted by Gasteiger charge is 2.34. The minimum Gasteiger partial charge on any atom is -0.232 e. The fourth-order valence-corrected chi connectivity index (χ4v) is 7.18. The molecule has 0 radical (unpaired) electrons. The third kappa shape index (κ3) is 4.59. The molecule has 54 heavy (non-hydrogen) atoms. The number of benzene rings is 5. The maximum atomic E-state index is 15.3. The van der Waals surface area contributed by atoms with Crippen LogP contribution < -0.4 is 10.4 Å². The Hall–Kier alpha value is -7.78. The number of nitrogens with zero attached hydrogens (tertiary/aromatic N) is 6. The third-order valence-electron chi connectivity index (χ3n) is 9.41. The van der Waals surface area contributed by atoms with E-state index in [1.54, 1.807) is 6.07 Å². The Morgan fingerprint density at radius 3 is 1.31 bits per heavy atom. The number of nitriles is 3. The van der Waals surface area contributed by atoms with Gasteiger partial charge in [0.15, 0.2) is 46.5 Å². The quantitative estimate of drug-likeness (QED) is 0.101. The van der Waals surface area contributed by atoms with E-state index in [2.05, 4.69) is 14.5 Å². The van der Waals surface area contributed by atoms with Gasteiger partial charge < -0.3 is 0 Å². The summed E-state index contributed by atoms with van der Waals surface area (Å²) in [5, 5.41) is 29.3. The Morgan fingerprint density at radius 1 is 0.537 bits per heavy atom. The molecule has 0 atom stereocenters. The van der Waals surface area contributed by atoms with E-state index in [-0.39, 0.29) is 56.7 Å². The van der Waals surface area contributed by atoms with Gasteiger partial charge in [-0.05, 0) is 85.8 Å². The molecule has 0 aliphatic heterocycles. The minimum atomic E-state index is -1.95. The highest BCUT2D eigenvalue weighted by atomic mass is 19.2. The zero-order valence-corrected chi connectivity index (χ0v) is 26.6. The smallest absolute Gasteiger partial charge is 0.232 e. The fraction of sp³-hybridized carbons (Fsp3) is 0.0500. The van der Waals surface area contributed by atoms with E-state index >= 15 is 17.6 Å². The molecular formula is C40H10F8N6. The lowest BCUT2D eigenvalue weighted by atomic mass is 9.89. The van der Waals surface area contributed by atoms with Crippen molar-refractivity contribution in [3.05, 3.63) is 155 Å². The monoisotopic (exact) mass is 726 g/mol. The van der Waals surface area contributed by atoms with Crippen molar-refractivity contribution in [2.24, 2.45) is 0 Å². The van der Waals surface area contributed by atoms with Crippen molar-refractivity contribution < 1.29 is 35.1 Å². The molecule has 0 bridgehead atoms. The maximum absolute atomic E-state index is 15.3. The molecule has 6 nitrogen and oxygen atoms in total. The van der Waals surface area contributed by atoms with Crippen LogP contribution in [-0.2, 0) is 12.8 Å². The lowest BCUT2D eigenvalue weighted by molar-refractivity contribution is 0.454. The zero-order chi connectivity index (χ0) is 38.9.